The van der Waals surface area contributed by atoms with Crippen LogP contribution < -0.4 is 4.90 Å². The van der Waals surface area contributed by atoms with Crippen molar-refractivity contribution in [3.63, 3.8) is 0 Å². The first-order valence-electron chi connectivity index (χ1n) is 23.5. The molecule has 0 spiro atoms. The smallest absolute Gasteiger partial charge is 0.0713 e. The summed E-state index contributed by atoms with van der Waals surface area (Å²) in [6, 6.07) is 104. The van der Waals surface area contributed by atoms with Gasteiger partial charge in [-0.25, -0.2) is 0 Å². The fraction of sp³-hybridized carbons (Fsp3) is 0.0149. The highest BCUT2D eigenvalue weighted by molar-refractivity contribution is 5.98. The molecule has 11 aromatic rings. The van der Waals surface area contributed by atoms with Crippen LogP contribution in [0, 0.1) is 0 Å². The SMILES string of the molecule is c1ccc(-c2ccc(N(c3ccc(-c4ccccc4)cc3)c3ccc(-c4ccc(C5(c6ccccc6)c6ccccc6-c6ccccc6-c6cccc5c6-c5ccccc5)cc4)cc3)cc2)cc1. The molecule has 1 atom stereocenters. The van der Waals surface area contributed by atoms with Gasteiger partial charge in [0.2, 0.25) is 0 Å². The average Bonchev–Trinajstić information content (AvgIpc) is 3.43. The van der Waals surface area contributed by atoms with Crippen molar-refractivity contribution in [2.45, 2.75) is 5.41 Å². The molecule has 11 aromatic carbocycles. The minimum absolute atomic E-state index is 0.651. The Morgan fingerprint density at radius 1 is 0.206 bits per heavy atom. The van der Waals surface area contributed by atoms with Crippen LogP contribution in [-0.4, -0.2) is 0 Å². The summed E-state index contributed by atoms with van der Waals surface area (Å²) >= 11 is 0. The van der Waals surface area contributed by atoms with Crippen molar-refractivity contribution >= 4 is 17.1 Å². The van der Waals surface area contributed by atoms with Crippen LogP contribution >= 0.6 is 0 Å². The maximum Gasteiger partial charge on any atom is 0.0713 e. The van der Waals surface area contributed by atoms with E-state index in [4.69, 9.17) is 0 Å². The van der Waals surface area contributed by atoms with E-state index in [0.29, 0.717) is 0 Å². The van der Waals surface area contributed by atoms with Gasteiger partial charge in [0, 0.05) is 17.1 Å². The zero-order chi connectivity index (χ0) is 45.3. The average molecular weight is 866 g/mol. The highest BCUT2D eigenvalue weighted by Crippen LogP contribution is 2.56. The van der Waals surface area contributed by atoms with Crippen molar-refractivity contribution in [1.82, 2.24) is 0 Å². The predicted octanol–water partition coefficient (Wildman–Crippen LogP) is 17.9. The van der Waals surface area contributed by atoms with Crippen LogP contribution in [-0.2, 0) is 5.41 Å². The van der Waals surface area contributed by atoms with Crippen LogP contribution in [0.2, 0.25) is 0 Å². The minimum atomic E-state index is -0.651. The van der Waals surface area contributed by atoms with Gasteiger partial charge in [0.15, 0.2) is 0 Å². The van der Waals surface area contributed by atoms with Crippen molar-refractivity contribution in [2.75, 3.05) is 4.90 Å². The molecule has 2 bridgehead atoms. The molecular formula is C67H47N. The fourth-order valence-electron chi connectivity index (χ4n) is 10.7. The van der Waals surface area contributed by atoms with Crippen LogP contribution in [0.25, 0.3) is 66.8 Å². The molecule has 0 saturated carbocycles. The molecule has 0 heterocycles. The molecule has 12 rings (SSSR count). The van der Waals surface area contributed by atoms with Crippen LogP contribution in [0.1, 0.15) is 22.3 Å². The van der Waals surface area contributed by atoms with Gasteiger partial charge in [-0.15, -0.1) is 0 Å². The Hall–Kier alpha value is -8.78. The Kier molecular flexibility index (Phi) is 10.5. The Morgan fingerprint density at radius 2 is 0.529 bits per heavy atom. The van der Waals surface area contributed by atoms with Crippen molar-refractivity contribution in [2.24, 2.45) is 0 Å². The Labute approximate surface area is 399 Å². The molecule has 0 N–H and O–H groups in total. The van der Waals surface area contributed by atoms with Gasteiger partial charge in [-0.3, -0.25) is 0 Å². The van der Waals surface area contributed by atoms with Crippen LogP contribution in [0.3, 0.4) is 0 Å². The number of hydrogen-bond acceptors (Lipinski definition) is 1. The second-order valence-electron chi connectivity index (χ2n) is 17.6. The molecule has 0 aromatic heterocycles. The summed E-state index contributed by atoms with van der Waals surface area (Å²) in [4.78, 5) is 2.35. The molecule has 1 heteroatoms. The first-order valence-corrected chi connectivity index (χ1v) is 23.5. The summed E-state index contributed by atoms with van der Waals surface area (Å²) in [5, 5.41) is 0. The van der Waals surface area contributed by atoms with E-state index >= 15 is 0 Å². The first-order chi connectivity index (χ1) is 33.7. The molecule has 320 valence electrons. The van der Waals surface area contributed by atoms with Crippen molar-refractivity contribution < 1.29 is 0 Å². The molecule has 1 aliphatic carbocycles. The quantitative estimate of drug-likeness (QED) is 0.140. The van der Waals surface area contributed by atoms with Crippen molar-refractivity contribution in [3.8, 4) is 66.8 Å². The number of benzene rings is 11. The summed E-state index contributed by atoms with van der Waals surface area (Å²) < 4.78 is 0. The Balaban J connectivity index is 0.977. The molecule has 0 radical (unpaired) electrons. The molecule has 0 fully saturated rings. The van der Waals surface area contributed by atoms with Gasteiger partial charge in [0.25, 0.3) is 0 Å². The molecule has 1 unspecified atom stereocenters. The third kappa shape index (κ3) is 7.13. The molecular weight excluding hydrogens is 819 g/mol. The highest BCUT2D eigenvalue weighted by Gasteiger charge is 2.43. The molecule has 1 aliphatic rings. The molecule has 68 heavy (non-hydrogen) atoms. The molecule has 0 aliphatic heterocycles. The number of fused-ring (bicyclic) bond motifs is 6. The van der Waals surface area contributed by atoms with E-state index in [1.54, 1.807) is 0 Å². The van der Waals surface area contributed by atoms with Crippen molar-refractivity contribution in [1.29, 1.82) is 0 Å². The lowest BCUT2D eigenvalue weighted by atomic mass is 9.60. The maximum atomic E-state index is 2.37. The lowest BCUT2D eigenvalue weighted by molar-refractivity contribution is 0.748. The summed E-state index contributed by atoms with van der Waals surface area (Å²) in [6.07, 6.45) is 0. The highest BCUT2D eigenvalue weighted by atomic mass is 15.1. The van der Waals surface area contributed by atoms with Gasteiger partial charge < -0.3 is 4.90 Å². The maximum absolute atomic E-state index is 2.37. The molecule has 0 saturated heterocycles. The van der Waals surface area contributed by atoms with Crippen LogP contribution in [0.15, 0.2) is 285 Å². The topological polar surface area (TPSA) is 3.24 Å². The zero-order valence-corrected chi connectivity index (χ0v) is 37.6. The molecule has 0 amide bonds. The third-order valence-electron chi connectivity index (χ3n) is 13.8. The van der Waals surface area contributed by atoms with E-state index in [9.17, 15) is 0 Å². The second kappa shape index (κ2) is 17.5. The summed E-state index contributed by atoms with van der Waals surface area (Å²) in [7, 11) is 0. The number of anilines is 3. The Bertz CT molecular complexity index is 3410. The first kappa shape index (κ1) is 40.7. The summed E-state index contributed by atoms with van der Waals surface area (Å²) in [6.45, 7) is 0. The number of rotatable bonds is 9. The zero-order valence-electron chi connectivity index (χ0n) is 37.6. The standard InChI is InChI=1S/C67H47N/c1-5-18-48(19-6-1)51-34-42-57(43-35-51)68(58-44-36-52(37-45-58)49-20-7-2-8-21-49)59-46-38-53(39-47-59)50-32-40-56(41-33-50)67(55-24-11-4-12-25-55)64-30-16-15-28-62(64)60-26-13-14-27-61(60)63-29-17-31-65(67)66(63)54-22-9-3-10-23-54/h1-47H. The second-order valence-corrected chi connectivity index (χ2v) is 17.6. The Morgan fingerprint density at radius 3 is 1.01 bits per heavy atom. The number of hydrogen-bond donors (Lipinski definition) is 0. The van der Waals surface area contributed by atoms with Gasteiger partial charge in [-0.1, -0.05) is 249 Å². The molecule has 1 nitrogen and oxygen atoms in total. The van der Waals surface area contributed by atoms with E-state index in [1.807, 2.05) is 0 Å². The van der Waals surface area contributed by atoms with Gasteiger partial charge in [-0.2, -0.15) is 0 Å². The monoisotopic (exact) mass is 865 g/mol. The van der Waals surface area contributed by atoms with Crippen molar-refractivity contribution in [3.05, 3.63) is 307 Å². The third-order valence-corrected chi connectivity index (χ3v) is 13.8. The van der Waals surface area contributed by atoms with Gasteiger partial charge in [0.1, 0.15) is 0 Å². The van der Waals surface area contributed by atoms with Gasteiger partial charge >= 0.3 is 0 Å². The van der Waals surface area contributed by atoms with Crippen LogP contribution in [0.5, 0.6) is 0 Å². The van der Waals surface area contributed by atoms with E-state index in [2.05, 4.69) is 290 Å². The lowest BCUT2D eigenvalue weighted by Crippen LogP contribution is -2.33. The van der Waals surface area contributed by atoms with E-state index in [0.717, 1.165) is 28.2 Å². The van der Waals surface area contributed by atoms with E-state index in [-0.39, 0.29) is 0 Å². The van der Waals surface area contributed by atoms with Gasteiger partial charge in [0.05, 0.1) is 5.41 Å². The van der Waals surface area contributed by atoms with Crippen LogP contribution in [0.4, 0.5) is 17.1 Å². The normalized spacial score (nSPS) is 13.6. The predicted molar refractivity (Wildman–Crippen MR) is 286 cm³/mol. The fourth-order valence-corrected chi connectivity index (χ4v) is 10.7. The summed E-state index contributed by atoms with van der Waals surface area (Å²) in [5.41, 5.74) is 22.2. The van der Waals surface area contributed by atoms with E-state index < -0.39 is 5.41 Å². The summed E-state index contributed by atoms with van der Waals surface area (Å²) in [5.74, 6) is 0. The van der Waals surface area contributed by atoms with Gasteiger partial charge in [-0.05, 0) is 125 Å². The van der Waals surface area contributed by atoms with E-state index in [1.165, 1.54) is 77.9 Å². The largest absolute Gasteiger partial charge is 0.311 e. The minimum Gasteiger partial charge on any atom is -0.311 e. The number of nitrogens with zero attached hydrogens (tertiary/aromatic N) is 1. The lowest BCUT2D eigenvalue weighted by Gasteiger charge is -2.41.